The molecule has 0 heterocycles. The number of ether oxygens (including phenoxy) is 3. The van der Waals surface area contributed by atoms with Gasteiger partial charge in [-0.2, -0.15) is 0 Å². The zero-order chi connectivity index (χ0) is 16.5. The Hall–Kier alpha value is -0.950. The number of carbonyl (C=O) groups excluding carboxylic acids is 1. The molecule has 0 radical (unpaired) electrons. The molecule has 0 saturated heterocycles. The van der Waals surface area contributed by atoms with Gasteiger partial charge in [0.1, 0.15) is 0 Å². The first-order valence-corrected chi connectivity index (χ1v) is 7.68. The molecule has 0 aromatic heterocycles. The molecule has 0 amide bonds. The summed E-state index contributed by atoms with van der Waals surface area (Å²) in [5, 5.41) is 20.2. The molecule has 0 aromatic rings. The van der Waals surface area contributed by atoms with Crippen LogP contribution in [0.15, 0.2) is 12.2 Å². The van der Waals surface area contributed by atoms with E-state index in [-0.39, 0.29) is 17.8 Å². The van der Waals surface area contributed by atoms with Crippen LogP contribution >= 0.6 is 0 Å². The van der Waals surface area contributed by atoms with E-state index in [9.17, 15) is 15.0 Å². The molecule has 0 aliphatic heterocycles. The van der Waals surface area contributed by atoms with Crippen molar-refractivity contribution >= 4 is 5.97 Å². The SMILES string of the molecule is COC(=O)CCC=CCC[C@H]1[C@H](C(OC)OC)[C@@H](O)C[C@H]1O. The Morgan fingerprint density at radius 1 is 1.14 bits per heavy atom. The molecule has 0 spiro atoms. The van der Waals surface area contributed by atoms with Crippen LogP contribution in [-0.2, 0) is 19.0 Å². The minimum Gasteiger partial charge on any atom is -0.469 e. The van der Waals surface area contributed by atoms with Crippen LogP contribution in [-0.4, -0.2) is 56.0 Å². The molecular formula is C16H28O6. The lowest BCUT2D eigenvalue weighted by atomic mass is 9.88. The van der Waals surface area contributed by atoms with Gasteiger partial charge in [-0.15, -0.1) is 0 Å². The van der Waals surface area contributed by atoms with Gasteiger partial charge >= 0.3 is 5.97 Å². The number of carbonyl (C=O) groups is 1. The molecule has 128 valence electrons. The summed E-state index contributed by atoms with van der Waals surface area (Å²) >= 11 is 0. The summed E-state index contributed by atoms with van der Waals surface area (Å²) in [6, 6.07) is 0. The fraction of sp³-hybridized carbons (Fsp3) is 0.812. The van der Waals surface area contributed by atoms with Gasteiger partial charge in [0.15, 0.2) is 6.29 Å². The Morgan fingerprint density at radius 3 is 2.36 bits per heavy atom. The third-order valence-electron chi connectivity index (χ3n) is 4.27. The maximum atomic E-state index is 11.0. The zero-order valence-corrected chi connectivity index (χ0v) is 13.6. The molecule has 1 aliphatic carbocycles. The summed E-state index contributed by atoms with van der Waals surface area (Å²) < 4.78 is 15.1. The van der Waals surface area contributed by atoms with Crippen LogP contribution in [0.2, 0.25) is 0 Å². The molecule has 22 heavy (non-hydrogen) atoms. The summed E-state index contributed by atoms with van der Waals surface area (Å²) in [4.78, 5) is 11.0. The topological polar surface area (TPSA) is 85.2 Å². The monoisotopic (exact) mass is 316 g/mol. The van der Waals surface area contributed by atoms with Crippen molar-refractivity contribution < 1.29 is 29.2 Å². The molecule has 1 aliphatic rings. The van der Waals surface area contributed by atoms with Crippen molar-refractivity contribution in [2.24, 2.45) is 11.8 Å². The Balaban J connectivity index is 2.44. The van der Waals surface area contributed by atoms with Gasteiger partial charge in [-0.05, 0) is 31.6 Å². The standard InChI is InChI=1S/C16H28O6/c1-20-14(19)9-7-5-4-6-8-11-12(17)10-13(18)15(11)16(21-2)22-3/h4-5,11-13,15-18H,6-10H2,1-3H3/t11-,12-,13+,15+/m1/s1. The molecule has 6 heteroatoms. The zero-order valence-electron chi connectivity index (χ0n) is 13.6. The number of methoxy groups -OCH3 is 3. The van der Waals surface area contributed by atoms with Gasteiger partial charge in [0.2, 0.25) is 0 Å². The van der Waals surface area contributed by atoms with Gasteiger partial charge in [-0.3, -0.25) is 4.79 Å². The van der Waals surface area contributed by atoms with Gasteiger partial charge in [0.05, 0.1) is 19.3 Å². The summed E-state index contributed by atoms with van der Waals surface area (Å²) in [7, 11) is 4.45. The first-order valence-electron chi connectivity index (χ1n) is 7.68. The van der Waals surface area contributed by atoms with Crippen LogP contribution in [0.4, 0.5) is 0 Å². The maximum absolute atomic E-state index is 11.0. The number of allylic oxidation sites excluding steroid dienone is 2. The van der Waals surface area contributed by atoms with Crippen LogP contribution in [0, 0.1) is 11.8 Å². The minimum absolute atomic E-state index is 0.0647. The molecule has 0 aromatic carbocycles. The largest absolute Gasteiger partial charge is 0.469 e. The summed E-state index contributed by atoms with van der Waals surface area (Å²) in [5.41, 5.74) is 0. The predicted octanol–water partition coefficient (Wildman–Crippen LogP) is 1.25. The molecule has 2 N–H and O–H groups in total. The molecular weight excluding hydrogens is 288 g/mol. The Kier molecular flexibility index (Phi) is 8.63. The molecule has 6 nitrogen and oxygen atoms in total. The number of hydrogen-bond acceptors (Lipinski definition) is 6. The normalized spacial score (nSPS) is 28.6. The highest BCUT2D eigenvalue weighted by molar-refractivity contribution is 5.69. The first-order chi connectivity index (χ1) is 10.5. The number of esters is 1. The second-order valence-electron chi connectivity index (χ2n) is 5.61. The molecule has 1 saturated carbocycles. The molecule has 1 fully saturated rings. The van der Waals surface area contributed by atoms with Crippen molar-refractivity contribution in [1.82, 2.24) is 0 Å². The quantitative estimate of drug-likeness (QED) is 0.378. The van der Waals surface area contributed by atoms with Crippen molar-refractivity contribution in [3.8, 4) is 0 Å². The van der Waals surface area contributed by atoms with E-state index in [1.165, 1.54) is 21.3 Å². The molecule has 0 bridgehead atoms. The lowest BCUT2D eigenvalue weighted by molar-refractivity contribution is -0.166. The maximum Gasteiger partial charge on any atom is 0.305 e. The van der Waals surface area contributed by atoms with Crippen molar-refractivity contribution in [2.75, 3.05) is 21.3 Å². The summed E-state index contributed by atoms with van der Waals surface area (Å²) in [6.45, 7) is 0. The van der Waals surface area contributed by atoms with Gasteiger partial charge in [0, 0.05) is 26.6 Å². The first kappa shape index (κ1) is 19.1. The van der Waals surface area contributed by atoms with E-state index in [4.69, 9.17) is 9.47 Å². The van der Waals surface area contributed by atoms with Gasteiger partial charge < -0.3 is 24.4 Å². The van der Waals surface area contributed by atoms with Crippen LogP contribution in [0.25, 0.3) is 0 Å². The van der Waals surface area contributed by atoms with E-state index in [1.807, 2.05) is 12.2 Å². The van der Waals surface area contributed by atoms with Crippen molar-refractivity contribution in [3.63, 3.8) is 0 Å². The average molecular weight is 316 g/mol. The second-order valence-corrected chi connectivity index (χ2v) is 5.61. The van der Waals surface area contributed by atoms with E-state index in [0.29, 0.717) is 19.3 Å². The van der Waals surface area contributed by atoms with Crippen molar-refractivity contribution in [1.29, 1.82) is 0 Å². The van der Waals surface area contributed by atoms with E-state index in [1.54, 1.807) is 0 Å². The van der Waals surface area contributed by atoms with E-state index in [0.717, 1.165) is 12.8 Å². The van der Waals surface area contributed by atoms with Crippen LogP contribution in [0.1, 0.15) is 32.1 Å². The van der Waals surface area contributed by atoms with E-state index in [2.05, 4.69) is 4.74 Å². The molecule has 4 atom stereocenters. The lowest BCUT2D eigenvalue weighted by Gasteiger charge is -2.29. The van der Waals surface area contributed by atoms with Gasteiger partial charge in [-0.1, -0.05) is 12.2 Å². The minimum atomic E-state index is -0.617. The average Bonchev–Trinajstić information content (AvgIpc) is 2.78. The summed E-state index contributed by atoms with van der Waals surface area (Å²) in [6.07, 6.45) is 5.13. The highest BCUT2D eigenvalue weighted by Crippen LogP contribution is 2.39. The Morgan fingerprint density at radius 2 is 1.77 bits per heavy atom. The predicted molar refractivity (Wildman–Crippen MR) is 81.0 cm³/mol. The highest BCUT2D eigenvalue weighted by atomic mass is 16.7. The number of aliphatic hydroxyl groups excluding tert-OH is 2. The number of aliphatic hydroxyl groups is 2. The van der Waals surface area contributed by atoms with Crippen LogP contribution in [0.3, 0.4) is 0 Å². The van der Waals surface area contributed by atoms with Gasteiger partial charge in [0.25, 0.3) is 0 Å². The molecule has 0 unspecified atom stereocenters. The second kappa shape index (κ2) is 9.94. The smallest absolute Gasteiger partial charge is 0.305 e. The van der Waals surface area contributed by atoms with Crippen molar-refractivity contribution in [3.05, 3.63) is 12.2 Å². The lowest BCUT2D eigenvalue weighted by Crippen LogP contribution is -2.36. The van der Waals surface area contributed by atoms with Gasteiger partial charge in [-0.25, -0.2) is 0 Å². The summed E-state index contributed by atoms with van der Waals surface area (Å²) in [5.74, 6) is -0.513. The van der Waals surface area contributed by atoms with Crippen molar-refractivity contribution in [2.45, 2.75) is 50.6 Å². The van der Waals surface area contributed by atoms with Crippen LogP contribution in [0.5, 0.6) is 0 Å². The third kappa shape index (κ3) is 5.35. The fourth-order valence-corrected chi connectivity index (χ4v) is 3.13. The molecule has 1 rings (SSSR count). The number of rotatable bonds is 9. The Bertz CT molecular complexity index is 353. The fourth-order valence-electron chi connectivity index (χ4n) is 3.13. The van der Waals surface area contributed by atoms with Crippen LogP contribution < -0.4 is 0 Å². The number of hydrogen-bond donors (Lipinski definition) is 2. The van der Waals surface area contributed by atoms with E-state index < -0.39 is 18.5 Å². The Labute approximate surface area is 132 Å². The van der Waals surface area contributed by atoms with E-state index >= 15 is 0 Å². The third-order valence-corrected chi connectivity index (χ3v) is 4.27. The highest BCUT2D eigenvalue weighted by Gasteiger charge is 2.45.